The molecule has 0 bridgehead atoms. The Balaban J connectivity index is 3.37. The van der Waals surface area contributed by atoms with E-state index in [1.165, 1.54) is 0 Å². The molecule has 0 aliphatic heterocycles. The standard InChI is InChI=1S/C14H22ClNO2S/c1-5-16-19(17,18)13-9-7-6-8-12(13)14(10(2)3)11(4)15/h6-11,14,16H,5H2,1-4H3. The number of benzene rings is 1. The van der Waals surface area contributed by atoms with Gasteiger partial charge in [-0.25, -0.2) is 13.1 Å². The van der Waals surface area contributed by atoms with E-state index in [0.717, 1.165) is 5.56 Å². The summed E-state index contributed by atoms with van der Waals surface area (Å²) >= 11 is 6.26. The van der Waals surface area contributed by atoms with Crippen LogP contribution in [0.3, 0.4) is 0 Å². The smallest absolute Gasteiger partial charge is 0.211 e. The zero-order valence-electron chi connectivity index (χ0n) is 11.9. The maximum atomic E-state index is 12.2. The summed E-state index contributed by atoms with van der Waals surface area (Å²) in [4.78, 5) is 0.336. The lowest BCUT2D eigenvalue weighted by Crippen LogP contribution is -2.26. The minimum absolute atomic E-state index is 0.00583. The molecule has 0 aliphatic carbocycles. The Morgan fingerprint density at radius 3 is 2.26 bits per heavy atom. The van der Waals surface area contributed by atoms with Crippen LogP contribution in [0, 0.1) is 5.92 Å². The Bertz CT molecular complexity index is 504. The van der Waals surface area contributed by atoms with Gasteiger partial charge < -0.3 is 0 Å². The van der Waals surface area contributed by atoms with Gasteiger partial charge in [0.25, 0.3) is 0 Å². The fraction of sp³-hybridized carbons (Fsp3) is 0.571. The maximum Gasteiger partial charge on any atom is 0.240 e. The molecule has 1 N–H and O–H groups in total. The van der Waals surface area contributed by atoms with Crippen molar-refractivity contribution in [2.75, 3.05) is 6.54 Å². The number of rotatable bonds is 6. The van der Waals surface area contributed by atoms with Crippen LogP contribution in [0.25, 0.3) is 0 Å². The van der Waals surface area contributed by atoms with Crippen LogP contribution >= 0.6 is 11.6 Å². The molecule has 0 saturated carbocycles. The van der Waals surface area contributed by atoms with Gasteiger partial charge in [-0.05, 0) is 24.5 Å². The number of alkyl halides is 1. The minimum Gasteiger partial charge on any atom is -0.211 e. The highest BCUT2D eigenvalue weighted by atomic mass is 35.5. The number of nitrogens with one attached hydrogen (secondary N) is 1. The molecule has 1 aromatic rings. The largest absolute Gasteiger partial charge is 0.240 e. The second kappa shape index (κ2) is 6.73. The molecule has 0 fully saturated rings. The summed E-state index contributed by atoms with van der Waals surface area (Å²) in [5.41, 5.74) is 0.793. The van der Waals surface area contributed by atoms with Crippen LogP contribution in [0.2, 0.25) is 0 Å². The summed E-state index contributed by atoms with van der Waals surface area (Å²) in [6.45, 7) is 8.16. The third-order valence-electron chi connectivity index (χ3n) is 3.12. The van der Waals surface area contributed by atoms with Gasteiger partial charge in [0, 0.05) is 17.8 Å². The third kappa shape index (κ3) is 3.94. The molecule has 3 nitrogen and oxygen atoms in total. The van der Waals surface area contributed by atoms with E-state index >= 15 is 0 Å². The van der Waals surface area contributed by atoms with E-state index in [1.54, 1.807) is 19.1 Å². The summed E-state index contributed by atoms with van der Waals surface area (Å²) in [5.74, 6) is 0.275. The molecule has 5 heteroatoms. The Morgan fingerprint density at radius 1 is 1.21 bits per heavy atom. The topological polar surface area (TPSA) is 46.2 Å². The van der Waals surface area contributed by atoms with Crippen LogP contribution in [0.4, 0.5) is 0 Å². The van der Waals surface area contributed by atoms with Crippen molar-refractivity contribution in [3.8, 4) is 0 Å². The Kier molecular flexibility index (Phi) is 5.83. The van der Waals surface area contributed by atoms with Crippen molar-refractivity contribution >= 4 is 21.6 Å². The third-order valence-corrected chi connectivity index (χ3v) is 5.01. The predicted octanol–water partition coefficient (Wildman–Crippen LogP) is 3.35. The van der Waals surface area contributed by atoms with Crippen molar-refractivity contribution in [2.24, 2.45) is 5.92 Å². The van der Waals surface area contributed by atoms with Crippen LogP contribution in [0.5, 0.6) is 0 Å². The minimum atomic E-state index is -3.46. The van der Waals surface area contributed by atoms with E-state index in [1.807, 2.05) is 19.1 Å². The Hall–Kier alpha value is -0.580. The SMILES string of the molecule is CCNS(=O)(=O)c1ccccc1C(C(C)C)C(C)Cl. The lowest BCUT2D eigenvalue weighted by molar-refractivity contribution is 0.482. The molecule has 0 heterocycles. The highest BCUT2D eigenvalue weighted by Gasteiger charge is 2.27. The second-order valence-electron chi connectivity index (χ2n) is 4.99. The fourth-order valence-corrected chi connectivity index (χ4v) is 4.14. The number of halogens is 1. The molecule has 0 spiro atoms. The first-order chi connectivity index (χ1) is 8.81. The van der Waals surface area contributed by atoms with Crippen molar-refractivity contribution in [1.82, 2.24) is 4.72 Å². The van der Waals surface area contributed by atoms with Crippen molar-refractivity contribution in [1.29, 1.82) is 0 Å². The van der Waals surface area contributed by atoms with Gasteiger partial charge in [0.2, 0.25) is 10.0 Å². The van der Waals surface area contributed by atoms with Crippen LogP contribution in [0.15, 0.2) is 29.2 Å². The first-order valence-electron chi connectivity index (χ1n) is 6.54. The first-order valence-corrected chi connectivity index (χ1v) is 8.45. The number of hydrogen-bond donors (Lipinski definition) is 1. The Labute approximate surface area is 121 Å². The molecule has 2 atom stereocenters. The summed E-state index contributed by atoms with van der Waals surface area (Å²) in [7, 11) is -3.46. The molecule has 2 unspecified atom stereocenters. The van der Waals surface area contributed by atoms with Gasteiger partial charge in [0.15, 0.2) is 0 Å². The monoisotopic (exact) mass is 303 g/mol. The zero-order chi connectivity index (χ0) is 14.6. The molecule has 1 rings (SSSR count). The van der Waals surface area contributed by atoms with E-state index < -0.39 is 10.0 Å². The van der Waals surface area contributed by atoms with Crippen molar-refractivity contribution in [2.45, 2.75) is 43.9 Å². The van der Waals surface area contributed by atoms with E-state index in [4.69, 9.17) is 11.6 Å². The van der Waals surface area contributed by atoms with E-state index in [0.29, 0.717) is 11.4 Å². The molecule has 0 radical (unpaired) electrons. The van der Waals surface area contributed by atoms with Crippen LogP contribution < -0.4 is 4.72 Å². The number of hydrogen-bond acceptors (Lipinski definition) is 2. The number of sulfonamides is 1. The lowest BCUT2D eigenvalue weighted by atomic mass is 9.86. The highest BCUT2D eigenvalue weighted by molar-refractivity contribution is 7.89. The predicted molar refractivity (Wildman–Crippen MR) is 80.2 cm³/mol. The Morgan fingerprint density at radius 2 is 1.79 bits per heavy atom. The quantitative estimate of drug-likeness (QED) is 0.819. The van der Waals surface area contributed by atoms with Crippen LogP contribution in [-0.4, -0.2) is 20.3 Å². The fourth-order valence-electron chi connectivity index (χ4n) is 2.41. The van der Waals surface area contributed by atoms with Crippen LogP contribution in [-0.2, 0) is 10.0 Å². The van der Waals surface area contributed by atoms with Crippen molar-refractivity contribution < 1.29 is 8.42 Å². The maximum absolute atomic E-state index is 12.2. The first kappa shape index (κ1) is 16.5. The molecule has 0 saturated heterocycles. The van der Waals surface area contributed by atoms with Crippen molar-refractivity contribution in [3.63, 3.8) is 0 Å². The van der Waals surface area contributed by atoms with Crippen molar-refractivity contribution in [3.05, 3.63) is 29.8 Å². The summed E-state index contributed by atoms with van der Waals surface area (Å²) in [6, 6.07) is 7.09. The molecule has 0 aromatic heterocycles. The molecule has 0 aliphatic rings. The van der Waals surface area contributed by atoms with E-state index in [2.05, 4.69) is 18.6 Å². The zero-order valence-corrected chi connectivity index (χ0v) is 13.4. The summed E-state index contributed by atoms with van der Waals surface area (Å²) in [5, 5.41) is -0.127. The van der Waals surface area contributed by atoms with Crippen LogP contribution in [0.1, 0.15) is 39.2 Å². The highest BCUT2D eigenvalue weighted by Crippen LogP contribution is 2.34. The van der Waals surface area contributed by atoms with Gasteiger partial charge >= 0.3 is 0 Å². The summed E-state index contributed by atoms with van der Waals surface area (Å²) in [6.07, 6.45) is 0. The van der Waals surface area contributed by atoms with Gasteiger partial charge in [-0.1, -0.05) is 39.0 Å². The van der Waals surface area contributed by atoms with Gasteiger partial charge in [-0.3, -0.25) is 0 Å². The molecule has 19 heavy (non-hydrogen) atoms. The molecule has 1 aromatic carbocycles. The van der Waals surface area contributed by atoms with Gasteiger partial charge in [-0.15, -0.1) is 11.6 Å². The van der Waals surface area contributed by atoms with Gasteiger partial charge in [0.1, 0.15) is 0 Å². The van der Waals surface area contributed by atoms with Gasteiger partial charge in [0.05, 0.1) is 4.90 Å². The lowest BCUT2D eigenvalue weighted by Gasteiger charge is -2.26. The molecular formula is C14H22ClNO2S. The second-order valence-corrected chi connectivity index (χ2v) is 7.41. The summed E-state index contributed by atoms with van der Waals surface area (Å²) < 4.78 is 27.0. The average Bonchev–Trinajstić information content (AvgIpc) is 2.28. The molecular weight excluding hydrogens is 282 g/mol. The molecule has 0 amide bonds. The van der Waals surface area contributed by atoms with E-state index in [-0.39, 0.29) is 17.2 Å². The normalized spacial score (nSPS) is 15.5. The van der Waals surface area contributed by atoms with Gasteiger partial charge in [-0.2, -0.15) is 0 Å². The van der Waals surface area contributed by atoms with E-state index in [9.17, 15) is 8.42 Å². The average molecular weight is 304 g/mol. The molecule has 108 valence electrons.